The number of unbranched alkanes of at least 4 members (excludes halogenated alkanes) is 3. The zero-order chi connectivity index (χ0) is 9.94. The third-order valence-electron chi connectivity index (χ3n) is 1.72. The normalized spacial score (nSPS) is 13.7. The molecule has 0 fully saturated rings. The second-order valence-corrected chi connectivity index (χ2v) is 4.33. The summed E-state index contributed by atoms with van der Waals surface area (Å²) in [6.45, 7) is 4.87. The smallest absolute Gasteiger partial charge is 0.213 e. The van der Waals surface area contributed by atoms with E-state index in [0.717, 1.165) is 19.3 Å². The Kier molecular flexibility index (Phi) is 9.96. The van der Waals surface area contributed by atoms with Crippen LogP contribution in [-0.4, -0.2) is 6.61 Å². The van der Waals surface area contributed by atoms with Crippen molar-refractivity contribution in [1.82, 2.24) is 0 Å². The fraction of sp³-hybridized carbons (Fsp3) is 0.800. The van der Waals surface area contributed by atoms with Gasteiger partial charge in [0.25, 0.3) is 0 Å². The van der Waals surface area contributed by atoms with Crippen molar-refractivity contribution in [2.75, 3.05) is 6.61 Å². The molecular formula is C10H21O2P. The van der Waals surface area contributed by atoms with Crippen molar-refractivity contribution >= 4 is 8.03 Å². The molecule has 0 spiro atoms. The average molecular weight is 204 g/mol. The summed E-state index contributed by atoms with van der Waals surface area (Å²) in [5, 5.41) is 0. The van der Waals surface area contributed by atoms with Crippen LogP contribution in [0.4, 0.5) is 0 Å². The number of hydrogen-bond donors (Lipinski definition) is 0. The van der Waals surface area contributed by atoms with Gasteiger partial charge in [-0.15, -0.1) is 0 Å². The molecule has 0 aliphatic carbocycles. The Morgan fingerprint density at radius 2 is 1.92 bits per heavy atom. The van der Waals surface area contributed by atoms with Gasteiger partial charge in [0.2, 0.25) is 8.03 Å². The van der Waals surface area contributed by atoms with Crippen LogP contribution < -0.4 is 0 Å². The van der Waals surface area contributed by atoms with Crippen LogP contribution in [0.3, 0.4) is 0 Å². The Morgan fingerprint density at radius 3 is 2.54 bits per heavy atom. The molecule has 0 bridgehead atoms. The molecule has 0 aromatic carbocycles. The number of hydrogen-bond acceptors (Lipinski definition) is 2. The highest BCUT2D eigenvalue weighted by Gasteiger charge is 1.91. The van der Waals surface area contributed by atoms with E-state index in [4.69, 9.17) is 4.52 Å². The largest absolute Gasteiger partial charge is 0.328 e. The van der Waals surface area contributed by atoms with E-state index in [9.17, 15) is 4.57 Å². The SMILES string of the molecule is CCCCC=C[PH](=O)OCCCC. The molecule has 13 heavy (non-hydrogen) atoms. The van der Waals surface area contributed by atoms with Crippen molar-refractivity contribution in [3.05, 3.63) is 11.9 Å². The molecule has 0 N–H and O–H groups in total. The van der Waals surface area contributed by atoms with Gasteiger partial charge in [-0.25, -0.2) is 0 Å². The van der Waals surface area contributed by atoms with E-state index in [1.165, 1.54) is 12.8 Å². The molecule has 2 nitrogen and oxygen atoms in total. The van der Waals surface area contributed by atoms with Crippen LogP contribution in [0.2, 0.25) is 0 Å². The summed E-state index contributed by atoms with van der Waals surface area (Å²) >= 11 is 0. The summed E-state index contributed by atoms with van der Waals surface area (Å²) in [4.78, 5) is 0. The highest BCUT2D eigenvalue weighted by atomic mass is 31.1. The predicted molar refractivity (Wildman–Crippen MR) is 58.5 cm³/mol. The fourth-order valence-electron chi connectivity index (χ4n) is 0.867. The van der Waals surface area contributed by atoms with Gasteiger partial charge in [0.15, 0.2) is 0 Å². The van der Waals surface area contributed by atoms with Gasteiger partial charge in [-0.3, -0.25) is 4.57 Å². The van der Waals surface area contributed by atoms with E-state index in [1.807, 2.05) is 6.08 Å². The molecule has 0 aromatic rings. The van der Waals surface area contributed by atoms with Gasteiger partial charge in [-0.1, -0.05) is 39.2 Å². The molecule has 0 amide bonds. The van der Waals surface area contributed by atoms with Gasteiger partial charge in [0.05, 0.1) is 6.61 Å². The molecule has 0 aliphatic rings. The molecule has 0 heterocycles. The Labute approximate surface area is 82.2 Å². The molecule has 78 valence electrons. The second-order valence-electron chi connectivity index (χ2n) is 3.07. The lowest BCUT2D eigenvalue weighted by molar-refractivity contribution is 0.326. The summed E-state index contributed by atoms with van der Waals surface area (Å²) in [5.74, 6) is 1.72. The zero-order valence-corrected chi connectivity index (χ0v) is 9.71. The van der Waals surface area contributed by atoms with E-state index in [1.54, 1.807) is 5.82 Å². The first-order chi connectivity index (χ1) is 6.31. The molecule has 0 aromatic heterocycles. The molecule has 0 saturated carbocycles. The quantitative estimate of drug-likeness (QED) is 0.441. The van der Waals surface area contributed by atoms with Gasteiger partial charge < -0.3 is 4.52 Å². The van der Waals surface area contributed by atoms with Crippen molar-refractivity contribution in [2.24, 2.45) is 0 Å². The molecule has 1 atom stereocenters. The molecule has 1 unspecified atom stereocenters. The summed E-state index contributed by atoms with van der Waals surface area (Å²) < 4.78 is 16.3. The minimum atomic E-state index is -1.87. The topological polar surface area (TPSA) is 26.3 Å². The Morgan fingerprint density at radius 1 is 1.23 bits per heavy atom. The van der Waals surface area contributed by atoms with E-state index in [0.29, 0.717) is 6.61 Å². The summed E-state index contributed by atoms with van der Waals surface area (Å²) in [5.41, 5.74) is 0. The first kappa shape index (κ1) is 12.9. The average Bonchev–Trinajstić information content (AvgIpc) is 2.13. The van der Waals surface area contributed by atoms with Crippen LogP contribution >= 0.6 is 8.03 Å². The zero-order valence-electron chi connectivity index (χ0n) is 8.71. The first-order valence-electron chi connectivity index (χ1n) is 5.14. The maximum Gasteiger partial charge on any atom is 0.213 e. The highest BCUT2D eigenvalue weighted by Crippen LogP contribution is 2.24. The fourth-order valence-corrected chi connectivity index (χ4v) is 1.67. The Hall–Kier alpha value is -0.0700. The summed E-state index contributed by atoms with van der Waals surface area (Å²) in [7, 11) is -1.87. The lowest BCUT2D eigenvalue weighted by Crippen LogP contribution is -1.82. The Bertz CT molecular complexity index is 155. The molecular weight excluding hydrogens is 183 g/mol. The van der Waals surface area contributed by atoms with Crippen molar-refractivity contribution in [3.63, 3.8) is 0 Å². The van der Waals surface area contributed by atoms with Crippen LogP contribution in [-0.2, 0) is 9.09 Å². The van der Waals surface area contributed by atoms with E-state index < -0.39 is 8.03 Å². The monoisotopic (exact) mass is 204 g/mol. The van der Waals surface area contributed by atoms with Crippen LogP contribution in [0.15, 0.2) is 11.9 Å². The third kappa shape index (κ3) is 9.85. The van der Waals surface area contributed by atoms with Gasteiger partial charge >= 0.3 is 0 Å². The molecule has 0 radical (unpaired) electrons. The maximum absolute atomic E-state index is 11.2. The molecule has 0 saturated heterocycles. The van der Waals surface area contributed by atoms with Crippen LogP contribution in [0.5, 0.6) is 0 Å². The minimum Gasteiger partial charge on any atom is -0.328 e. The van der Waals surface area contributed by atoms with Gasteiger partial charge in [0.1, 0.15) is 0 Å². The van der Waals surface area contributed by atoms with Gasteiger partial charge in [-0.2, -0.15) is 0 Å². The van der Waals surface area contributed by atoms with Crippen LogP contribution in [0.25, 0.3) is 0 Å². The third-order valence-corrected chi connectivity index (χ3v) is 2.72. The predicted octanol–water partition coefficient (Wildman–Crippen LogP) is 3.98. The van der Waals surface area contributed by atoms with Gasteiger partial charge in [0, 0.05) is 0 Å². The Balaban J connectivity index is 3.33. The standard InChI is InChI=1S/C10H21O2P/c1-3-5-7-8-10-13(11)12-9-6-4-2/h8,10,13H,3-7,9H2,1-2H3. The molecule has 0 aliphatic heterocycles. The van der Waals surface area contributed by atoms with Crippen LogP contribution in [0.1, 0.15) is 46.0 Å². The minimum absolute atomic E-state index is 0.631. The van der Waals surface area contributed by atoms with Gasteiger partial charge in [-0.05, 0) is 18.7 Å². The van der Waals surface area contributed by atoms with Crippen molar-refractivity contribution < 1.29 is 9.09 Å². The highest BCUT2D eigenvalue weighted by molar-refractivity contribution is 7.42. The number of rotatable bonds is 8. The lowest BCUT2D eigenvalue weighted by Gasteiger charge is -1.97. The molecule has 0 rings (SSSR count). The van der Waals surface area contributed by atoms with E-state index in [2.05, 4.69) is 13.8 Å². The summed E-state index contributed by atoms with van der Waals surface area (Å²) in [6, 6.07) is 0. The molecule has 3 heteroatoms. The lowest BCUT2D eigenvalue weighted by atomic mass is 10.2. The summed E-state index contributed by atoms with van der Waals surface area (Å²) in [6.07, 6.45) is 7.43. The van der Waals surface area contributed by atoms with Crippen molar-refractivity contribution in [3.8, 4) is 0 Å². The van der Waals surface area contributed by atoms with Crippen LogP contribution in [0, 0.1) is 0 Å². The van der Waals surface area contributed by atoms with E-state index in [-0.39, 0.29) is 0 Å². The number of allylic oxidation sites excluding steroid dienone is 1. The van der Waals surface area contributed by atoms with Crippen molar-refractivity contribution in [2.45, 2.75) is 46.0 Å². The first-order valence-corrected chi connectivity index (χ1v) is 6.54. The van der Waals surface area contributed by atoms with Crippen molar-refractivity contribution in [1.29, 1.82) is 0 Å². The second kappa shape index (κ2) is 10.0. The van der Waals surface area contributed by atoms with E-state index >= 15 is 0 Å². The maximum atomic E-state index is 11.2.